The van der Waals surface area contributed by atoms with Crippen LogP contribution in [-0.4, -0.2) is 17.3 Å². The average Bonchev–Trinajstić information content (AvgIpc) is 2.17. The second-order valence-electron chi connectivity index (χ2n) is 3.06. The van der Waals surface area contributed by atoms with Gasteiger partial charge < -0.3 is 0 Å². The van der Waals surface area contributed by atoms with Crippen molar-refractivity contribution in [3.63, 3.8) is 0 Å². The molecule has 0 unspecified atom stereocenters. The van der Waals surface area contributed by atoms with Crippen LogP contribution >= 0.6 is 15.9 Å². The fourth-order valence-corrected chi connectivity index (χ4v) is 1.70. The van der Waals surface area contributed by atoms with E-state index in [2.05, 4.69) is 15.9 Å². The van der Waals surface area contributed by atoms with Crippen LogP contribution in [0.15, 0.2) is 28.7 Å². The zero-order valence-corrected chi connectivity index (χ0v) is 9.57. The highest BCUT2D eigenvalue weighted by Crippen LogP contribution is 2.17. The smallest absolute Gasteiger partial charge is 0.204 e. The summed E-state index contributed by atoms with van der Waals surface area (Å²) < 4.78 is 0.733. The monoisotopic (exact) mass is 271 g/mol. The molecule has 80 valence electrons. The number of nitrogens with zero attached hydrogens (tertiary/aromatic N) is 1. The number of carbonyl (C=O) groups excluding carboxylic acids is 1. The van der Waals surface area contributed by atoms with Crippen LogP contribution in [0.5, 0.6) is 0 Å². The molecule has 0 fully saturated rings. The summed E-state index contributed by atoms with van der Waals surface area (Å²) in [5.74, 6) is -0.0654. The first-order chi connectivity index (χ1) is 7.11. The van der Waals surface area contributed by atoms with Crippen molar-refractivity contribution in [3.05, 3.63) is 44.4 Å². The highest BCUT2D eigenvalue weighted by Gasteiger charge is 2.10. The highest BCUT2D eigenvalue weighted by molar-refractivity contribution is 9.10. The van der Waals surface area contributed by atoms with E-state index in [0.29, 0.717) is 5.56 Å². The molecule has 1 rings (SSSR count). The Hall–Kier alpha value is -1.23. The summed E-state index contributed by atoms with van der Waals surface area (Å²) >= 11 is 3.26. The highest BCUT2D eigenvalue weighted by atomic mass is 79.9. The molecular formula is C10H10BrNO3. The molecule has 0 saturated heterocycles. The van der Waals surface area contributed by atoms with Gasteiger partial charge in [0.1, 0.15) is 0 Å². The molecule has 5 heteroatoms. The van der Waals surface area contributed by atoms with E-state index in [0.717, 1.165) is 4.47 Å². The predicted octanol–water partition coefficient (Wildman–Crippen LogP) is 2.69. The van der Waals surface area contributed by atoms with Gasteiger partial charge in [-0.15, -0.1) is 0 Å². The van der Waals surface area contributed by atoms with Crippen molar-refractivity contribution in [2.24, 2.45) is 0 Å². The van der Waals surface area contributed by atoms with Crippen molar-refractivity contribution < 1.29 is 9.72 Å². The van der Waals surface area contributed by atoms with Crippen molar-refractivity contribution in [1.29, 1.82) is 0 Å². The number of halogens is 1. The molecule has 0 aliphatic rings. The van der Waals surface area contributed by atoms with E-state index in [9.17, 15) is 14.9 Å². The van der Waals surface area contributed by atoms with Gasteiger partial charge in [-0.25, -0.2) is 0 Å². The van der Waals surface area contributed by atoms with Crippen LogP contribution in [0.1, 0.15) is 23.2 Å². The number of ketones is 1. The molecule has 0 bridgehead atoms. The Morgan fingerprint density at radius 2 is 2.07 bits per heavy atom. The van der Waals surface area contributed by atoms with E-state index in [-0.39, 0.29) is 25.2 Å². The molecule has 4 nitrogen and oxygen atoms in total. The molecule has 1 aromatic rings. The molecule has 0 radical (unpaired) electrons. The van der Waals surface area contributed by atoms with Crippen molar-refractivity contribution in [2.75, 3.05) is 6.54 Å². The standard InChI is InChI=1S/C10H10BrNO3/c11-9-5-2-1-4-8(9)10(13)6-3-7-12(14)15/h1-2,4-5H,3,6-7H2. The van der Waals surface area contributed by atoms with Crippen LogP contribution < -0.4 is 0 Å². The molecule has 0 aromatic heterocycles. The van der Waals surface area contributed by atoms with Gasteiger partial charge in [0.25, 0.3) is 0 Å². The van der Waals surface area contributed by atoms with Crippen LogP contribution in [0, 0.1) is 10.1 Å². The SMILES string of the molecule is O=C(CCC[N+](=O)[O-])c1ccccc1Br. The Morgan fingerprint density at radius 1 is 1.40 bits per heavy atom. The minimum Gasteiger partial charge on any atom is -0.294 e. The normalized spacial score (nSPS) is 9.93. The molecule has 0 aliphatic heterocycles. The van der Waals surface area contributed by atoms with Gasteiger partial charge in [0.05, 0.1) is 0 Å². The molecular weight excluding hydrogens is 262 g/mol. The maximum Gasteiger partial charge on any atom is 0.204 e. The first kappa shape index (κ1) is 11.8. The Bertz CT molecular complexity index is 379. The van der Waals surface area contributed by atoms with E-state index in [1.54, 1.807) is 18.2 Å². The fraction of sp³-hybridized carbons (Fsp3) is 0.300. The number of carbonyl (C=O) groups is 1. The second kappa shape index (κ2) is 5.60. The van der Waals surface area contributed by atoms with Crippen LogP contribution in [-0.2, 0) is 0 Å². The summed E-state index contributed by atoms with van der Waals surface area (Å²) in [4.78, 5) is 21.3. The first-order valence-corrected chi connectivity index (χ1v) is 5.30. The zero-order valence-electron chi connectivity index (χ0n) is 7.98. The second-order valence-corrected chi connectivity index (χ2v) is 3.92. The zero-order chi connectivity index (χ0) is 11.3. The van der Waals surface area contributed by atoms with E-state index in [1.807, 2.05) is 6.07 Å². The topological polar surface area (TPSA) is 60.2 Å². The third-order valence-corrected chi connectivity index (χ3v) is 2.61. The average molecular weight is 272 g/mol. The van der Waals surface area contributed by atoms with Gasteiger partial charge in [0.2, 0.25) is 6.54 Å². The van der Waals surface area contributed by atoms with Gasteiger partial charge in [-0.2, -0.15) is 0 Å². The number of hydrogen-bond acceptors (Lipinski definition) is 3. The maximum atomic E-state index is 11.6. The van der Waals surface area contributed by atoms with Gasteiger partial charge >= 0.3 is 0 Å². The summed E-state index contributed by atoms with van der Waals surface area (Å²) in [5, 5.41) is 10.1. The van der Waals surface area contributed by atoms with Crippen molar-refractivity contribution in [1.82, 2.24) is 0 Å². The molecule has 0 atom stereocenters. The molecule has 0 saturated carbocycles. The van der Waals surface area contributed by atoms with Gasteiger partial charge in [0, 0.05) is 27.8 Å². The molecule has 15 heavy (non-hydrogen) atoms. The third kappa shape index (κ3) is 3.79. The Balaban J connectivity index is 2.54. The molecule has 1 aromatic carbocycles. The lowest BCUT2D eigenvalue weighted by molar-refractivity contribution is -0.480. The lowest BCUT2D eigenvalue weighted by Gasteiger charge is -2.01. The number of hydrogen-bond donors (Lipinski definition) is 0. The van der Waals surface area contributed by atoms with E-state index >= 15 is 0 Å². The van der Waals surface area contributed by atoms with Gasteiger partial charge in [-0.3, -0.25) is 14.9 Å². The number of benzene rings is 1. The van der Waals surface area contributed by atoms with Crippen molar-refractivity contribution in [3.8, 4) is 0 Å². The predicted molar refractivity (Wildman–Crippen MR) is 59.6 cm³/mol. The summed E-state index contributed by atoms with van der Waals surface area (Å²) in [6.45, 7) is -0.157. The van der Waals surface area contributed by atoms with Crippen molar-refractivity contribution in [2.45, 2.75) is 12.8 Å². The first-order valence-electron chi connectivity index (χ1n) is 4.51. The Morgan fingerprint density at radius 3 is 2.67 bits per heavy atom. The molecule has 0 spiro atoms. The summed E-state index contributed by atoms with van der Waals surface area (Å²) in [7, 11) is 0. The van der Waals surface area contributed by atoms with Crippen LogP contribution in [0.3, 0.4) is 0 Å². The summed E-state index contributed by atoms with van der Waals surface area (Å²) in [5.41, 5.74) is 0.584. The summed E-state index contributed by atoms with van der Waals surface area (Å²) in [6.07, 6.45) is 0.497. The Labute approximate surface area is 95.6 Å². The molecule has 0 aliphatic carbocycles. The minimum atomic E-state index is -0.409. The minimum absolute atomic E-state index is 0.0654. The third-order valence-electron chi connectivity index (χ3n) is 1.92. The molecule has 0 amide bonds. The van der Waals surface area contributed by atoms with Crippen LogP contribution in [0.4, 0.5) is 0 Å². The van der Waals surface area contributed by atoms with E-state index in [1.165, 1.54) is 0 Å². The van der Waals surface area contributed by atoms with Crippen LogP contribution in [0.2, 0.25) is 0 Å². The van der Waals surface area contributed by atoms with Crippen LogP contribution in [0.25, 0.3) is 0 Å². The number of nitro groups is 1. The van der Waals surface area contributed by atoms with Gasteiger partial charge in [-0.05, 0) is 6.07 Å². The maximum absolute atomic E-state index is 11.6. The largest absolute Gasteiger partial charge is 0.294 e. The van der Waals surface area contributed by atoms with E-state index < -0.39 is 4.92 Å². The Kier molecular flexibility index (Phi) is 4.42. The van der Waals surface area contributed by atoms with Crippen molar-refractivity contribution >= 4 is 21.7 Å². The van der Waals surface area contributed by atoms with Gasteiger partial charge in [0.15, 0.2) is 5.78 Å². The quantitative estimate of drug-likeness (QED) is 0.470. The molecule has 0 heterocycles. The number of Topliss-reactive ketones (excluding diaryl/α,β-unsaturated/α-hetero) is 1. The molecule has 0 N–H and O–H groups in total. The lowest BCUT2D eigenvalue weighted by Crippen LogP contribution is -2.05. The fourth-order valence-electron chi connectivity index (χ4n) is 1.19. The van der Waals surface area contributed by atoms with E-state index in [4.69, 9.17) is 0 Å². The lowest BCUT2D eigenvalue weighted by atomic mass is 10.1. The number of rotatable bonds is 5. The summed E-state index contributed by atoms with van der Waals surface area (Å²) in [6, 6.07) is 7.07. The van der Waals surface area contributed by atoms with Gasteiger partial charge in [-0.1, -0.05) is 34.1 Å².